The molecule has 1 amide bonds. The average molecular weight is 275 g/mol. The van der Waals surface area contributed by atoms with Crippen molar-refractivity contribution in [3.05, 3.63) is 16.6 Å². The van der Waals surface area contributed by atoms with E-state index in [1.807, 2.05) is 0 Å². The first-order valence-electron chi connectivity index (χ1n) is 4.48. The molecule has 0 radical (unpaired) electrons. The van der Waals surface area contributed by atoms with Crippen molar-refractivity contribution in [3.8, 4) is 0 Å². The molecule has 0 aliphatic heterocycles. The normalized spacial score (nSPS) is 17.8. The van der Waals surface area contributed by atoms with Crippen molar-refractivity contribution in [2.24, 2.45) is 5.41 Å². The van der Waals surface area contributed by atoms with Crippen molar-refractivity contribution in [1.29, 1.82) is 0 Å². The van der Waals surface area contributed by atoms with Crippen LogP contribution in [0.2, 0.25) is 0 Å². The lowest BCUT2D eigenvalue weighted by Crippen LogP contribution is -2.30. The molecule has 0 atom stereocenters. The van der Waals surface area contributed by atoms with E-state index in [1.54, 1.807) is 11.7 Å². The highest BCUT2D eigenvalue weighted by Crippen LogP contribution is 2.46. The first-order valence-corrected chi connectivity index (χ1v) is 6.49. The Balaban J connectivity index is 1.84. The van der Waals surface area contributed by atoms with Crippen LogP contribution in [-0.2, 0) is 0 Å². The van der Waals surface area contributed by atoms with Crippen molar-refractivity contribution in [3.63, 3.8) is 0 Å². The molecule has 1 N–H and O–H groups in total. The maximum Gasteiger partial charge on any atom is 0.263 e. The first-order chi connectivity index (χ1) is 6.76. The lowest BCUT2D eigenvalue weighted by atomic mass is 10.1. The van der Waals surface area contributed by atoms with Crippen LogP contribution >= 0.6 is 27.3 Å². The molecule has 1 aromatic heterocycles. The second-order valence-corrected chi connectivity index (χ2v) is 5.13. The fraction of sp³-hybridized carbons (Fsp3) is 0.556. The van der Waals surface area contributed by atoms with Gasteiger partial charge in [0, 0.05) is 11.9 Å². The summed E-state index contributed by atoms with van der Waals surface area (Å²) in [6.07, 6.45) is 4.02. The number of halogens is 1. The number of nitrogens with one attached hydrogen (secondary N) is 1. The van der Waals surface area contributed by atoms with Gasteiger partial charge in [-0.3, -0.25) is 9.78 Å². The summed E-state index contributed by atoms with van der Waals surface area (Å²) in [6.45, 7) is 0.773. The number of amides is 1. The molecule has 1 aromatic rings. The van der Waals surface area contributed by atoms with Crippen LogP contribution < -0.4 is 5.32 Å². The van der Waals surface area contributed by atoms with Gasteiger partial charge in [-0.15, -0.1) is 11.3 Å². The Morgan fingerprint density at radius 1 is 1.71 bits per heavy atom. The van der Waals surface area contributed by atoms with E-state index in [4.69, 9.17) is 0 Å². The molecule has 0 spiro atoms. The zero-order valence-electron chi connectivity index (χ0n) is 7.62. The van der Waals surface area contributed by atoms with Crippen LogP contribution in [0.3, 0.4) is 0 Å². The second kappa shape index (κ2) is 3.98. The maximum absolute atomic E-state index is 11.5. The molecule has 0 bridgehead atoms. The molecule has 1 aliphatic rings. The maximum atomic E-state index is 11.5. The van der Waals surface area contributed by atoms with E-state index >= 15 is 0 Å². The Bertz CT molecular complexity index is 322. The molecular weight excluding hydrogens is 264 g/mol. The van der Waals surface area contributed by atoms with Gasteiger partial charge in [-0.1, -0.05) is 15.9 Å². The summed E-state index contributed by atoms with van der Waals surface area (Å²) in [7, 11) is 0. The van der Waals surface area contributed by atoms with Gasteiger partial charge in [-0.2, -0.15) is 0 Å². The number of rotatable bonds is 4. The fourth-order valence-electron chi connectivity index (χ4n) is 1.22. The molecule has 0 unspecified atom stereocenters. The number of aromatic nitrogens is 1. The molecule has 2 rings (SSSR count). The molecule has 1 saturated carbocycles. The SMILES string of the molecule is O=C(NCC1(CBr)CC1)c1cncs1. The van der Waals surface area contributed by atoms with Crippen molar-refractivity contribution in [2.75, 3.05) is 11.9 Å². The topological polar surface area (TPSA) is 42.0 Å². The van der Waals surface area contributed by atoms with E-state index in [0.717, 1.165) is 11.9 Å². The fourth-order valence-corrected chi connectivity index (χ4v) is 2.51. The Labute approximate surface area is 95.1 Å². The monoisotopic (exact) mass is 274 g/mol. The number of hydrogen-bond donors (Lipinski definition) is 1. The molecule has 1 heterocycles. The zero-order valence-corrected chi connectivity index (χ0v) is 10.0. The quantitative estimate of drug-likeness (QED) is 0.854. The summed E-state index contributed by atoms with van der Waals surface area (Å²) in [5.74, 6) is -0.000255. The van der Waals surface area contributed by atoms with Gasteiger partial charge >= 0.3 is 0 Å². The minimum Gasteiger partial charge on any atom is -0.351 e. The number of nitrogens with zero attached hydrogens (tertiary/aromatic N) is 1. The highest BCUT2D eigenvalue weighted by atomic mass is 79.9. The van der Waals surface area contributed by atoms with Crippen LogP contribution in [0.15, 0.2) is 11.7 Å². The summed E-state index contributed by atoms with van der Waals surface area (Å²) in [4.78, 5) is 16.1. The highest BCUT2D eigenvalue weighted by Gasteiger charge is 2.41. The molecule has 14 heavy (non-hydrogen) atoms. The Hall–Kier alpha value is -0.420. The number of hydrogen-bond acceptors (Lipinski definition) is 3. The van der Waals surface area contributed by atoms with Crippen LogP contribution in [-0.4, -0.2) is 22.8 Å². The molecule has 0 saturated heterocycles. The average Bonchev–Trinajstić information content (AvgIpc) is 2.78. The van der Waals surface area contributed by atoms with E-state index in [2.05, 4.69) is 26.2 Å². The molecule has 1 fully saturated rings. The van der Waals surface area contributed by atoms with Crippen LogP contribution in [0.25, 0.3) is 0 Å². The lowest BCUT2D eigenvalue weighted by molar-refractivity contribution is 0.0950. The van der Waals surface area contributed by atoms with Gasteiger partial charge in [0.25, 0.3) is 5.91 Å². The Morgan fingerprint density at radius 2 is 2.50 bits per heavy atom. The number of alkyl halides is 1. The smallest absolute Gasteiger partial charge is 0.263 e. The molecule has 0 aromatic carbocycles. The third-order valence-electron chi connectivity index (χ3n) is 2.52. The third kappa shape index (κ3) is 2.15. The van der Waals surface area contributed by atoms with Crippen molar-refractivity contribution < 1.29 is 4.79 Å². The van der Waals surface area contributed by atoms with Crippen LogP contribution in [0, 0.1) is 5.41 Å². The molecule has 1 aliphatic carbocycles. The number of carbonyl (C=O) groups is 1. The van der Waals surface area contributed by atoms with Crippen molar-refractivity contribution in [1.82, 2.24) is 10.3 Å². The van der Waals surface area contributed by atoms with E-state index in [9.17, 15) is 4.79 Å². The second-order valence-electron chi connectivity index (χ2n) is 3.68. The lowest BCUT2D eigenvalue weighted by Gasteiger charge is -2.11. The summed E-state index contributed by atoms with van der Waals surface area (Å²) in [5, 5.41) is 3.92. The summed E-state index contributed by atoms with van der Waals surface area (Å²) >= 11 is 4.85. The van der Waals surface area contributed by atoms with Gasteiger partial charge in [0.05, 0.1) is 11.7 Å². The van der Waals surface area contributed by atoms with Gasteiger partial charge < -0.3 is 5.32 Å². The van der Waals surface area contributed by atoms with Crippen LogP contribution in [0.4, 0.5) is 0 Å². The Kier molecular flexibility index (Phi) is 2.88. The summed E-state index contributed by atoms with van der Waals surface area (Å²) < 4.78 is 0. The van der Waals surface area contributed by atoms with Gasteiger partial charge in [-0.25, -0.2) is 0 Å². The van der Waals surface area contributed by atoms with Gasteiger partial charge in [0.15, 0.2) is 0 Å². The van der Waals surface area contributed by atoms with Gasteiger partial charge in [0.2, 0.25) is 0 Å². The van der Waals surface area contributed by atoms with E-state index < -0.39 is 0 Å². The number of carbonyl (C=O) groups excluding carboxylic acids is 1. The van der Waals surface area contributed by atoms with Gasteiger partial charge in [-0.05, 0) is 18.3 Å². The minimum atomic E-state index is -0.000255. The first kappa shape index (κ1) is 10.1. The molecule has 3 nitrogen and oxygen atoms in total. The van der Waals surface area contributed by atoms with Crippen molar-refractivity contribution >= 4 is 33.2 Å². The Morgan fingerprint density at radius 3 is 3.00 bits per heavy atom. The minimum absolute atomic E-state index is 0.000255. The predicted octanol–water partition coefficient (Wildman–Crippen LogP) is 2.05. The summed E-state index contributed by atoms with van der Waals surface area (Å²) in [6, 6.07) is 0. The van der Waals surface area contributed by atoms with Crippen LogP contribution in [0.5, 0.6) is 0 Å². The van der Waals surface area contributed by atoms with E-state index in [-0.39, 0.29) is 5.91 Å². The van der Waals surface area contributed by atoms with E-state index in [1.165, 1.54) is 24.2 Å². The largest absolute Gasteiger partial charge is 0.351 e. The predicted molar refractivity (Wildman–Crippen MR) is 59.9 cm³/mol. The molecular formula is C9H11BrN2OS. The molecule has 76 valence electrons. The van der Waals surface area contributed by atoms with E-state index in [0.29, 0.717) is 10.3 Å². The highest BCUT2D eigenvalue weighted by molar-refractivity contribution is 9.09. The standard InChI is InChI=1S/C9H11BrN2OS/c10-4-9(1-2-9)5-12-8(13)7-3-11-6-14-7/h3,6H,1-2,4-5H2,(H,12,13). The van der Waals surface area contributed by atoms with Crippen LogP contribution in [0.1, 0.15) is 22.5 Å². The van der Waals surface area contributed by atoms with Gasteiger partial charge in [0.1, 0.15) is 4.88 Å². The zero-order chi connectivity index (χ0) is 10.0. The van der Waals surface area contributed by atoms with Crippen molar-refractivity contribution in [2.45, 2.75) is 12.8 Å². The summed E-state index contributed by atoms with van der Waals surface area (Å²) in [5.41, 5.74) is 2.01. The third-order valence-corrected chi connectivity index (χ3v) is 4.48. The molecule has 5 heteroatoms. The number of thiazole rings is 1.